The number of ether oxygens (including phenoxy) is 1. The molecular formula is C22H20N2O. The van der Waals surface area contributed by atoms with E-state index < -0.39 is 0 Å². The smallest absolute Gasteiger partial charge is 0.172 e. The lowest BCUT2D eigenvalue weighted by Gasteiger charge is -2.19. The van der Waals surface area contributed by atoms with Crippen LogP contribution in [-0.2, 0) is 10.2 Å². The molecule has 1 aliphatic carbocycles. The van der Waals surface area contributed by atoms with Gasteiger partial charge in [0.1, 0.15) is 5.82 Å². The van der Waals surface area contributed by atoms with Crippen molar-refractivity contribution in [2.75, 3.05) is 7.11 Å². The number of hydrogen-bond donors (Lipinski definition) is 0. The van der Waals surface area contributed by atoms with Gasteiger partial charge in [0, 0.05) is 17.7 Å². The van der Waals surface area contributed by atoms with Crippen LogP contribution in [0.15, 0.2) is 54.1 Å². The summed E-state index contributed by atoms with van der Waals surface area (Å²) in [5.74, 6) is 1.57. The van der Waals surface area contributed by atoms with Gasteiger partial charge in [0.15, 0.2) is 5.76 Å². The van der Waals surface area contributed by atoms with Gasteiger partial charge >= 0.3 is 0 Å². The lowest BCUT2D eigenvalue weighted by atomic mass is 9.88. The molecule has 25 heavy (non-hydrogen) atoms. The number of rotatable bonds is 2. The molecule has 0 unspecified atom stereocenters. The van der Waals surface area contributed by atoms with Crippen LogP contribution in [0.3, 0.4) is 0 Å². The molecule has 2 heterocycles. The van der Waals surface area contributed by atoms with Crippen LogP contribution in [0.25, 0.3) is 28.5 Å². The van der Waals surface area contributed by atoms with E-state index in [0.29, 0.717) is 5.76 Å². The van der Waals surface area contributed by atoms with Crippen molar-refractivity contribution in [2.45, 2.75) is 26.2 Å². The zero-order chi connectivity index (χ0) is 17.6. The first-order valence-corrected chi connectivity index (χ1v) is 8.37. The summed E-state index contributed by atoms with van der Waals surface area (Å²) in [5, 5.41) is 3.19. The highest BCUT2D eigenvalue weighted by molar-refractivity contribution is 5.84. The van der Waals surface area contributed by atoms with Crippen molar-refractivity contribution in [3.8, 4) is 5.82 Å². The zero-order valence-corrected chi connectivity index (χ0v) is 14.9. The highest BCUT2D eigenvalue weighted by Crippen LogP contribution is 2.23. The predicted octanol–water partition coefficient (Wildman–Crippen LogP) is 3.18. The second-order valence-corrected chi connectivity index (χ2v) is 7.23. The maximum atomic E-state index is 5.37. The molecule has 3 aromatic rings. The SMILES string of the molecule is COC1=C=C=c2c(n(-c3cc(C(C)(C)C)ccn3)c3ccccc23)=C1. The standard InChI is InChI=1S/C22H20N2O/c1-22(2,3)15-11-12-23-21(13-15)24-19-8-6-5-7-17(19)18-10-9-16(25-4)14-20(18)24/h5-8,11-14H,1-4H3. The van der Waals surface area contributed by atoms with E-state index in [1.165, 1.54) is 5.56 Å². The second kappa shape index (κ2) is 5.53. The minimum Gasteiger partial charge on any atom is -0.489 e. The van der Waals surface area contributed by atoms with Crippen molar-refractivity contribution < 1.29 is 4.74 Å². The second-order valence-electron chi connectivity index (χ2n) is 7.23. The topological polar surface area (TPSA) is 27.1 Å². The van der Waals surface area contributed by atoms with Crippen molar-refractivity contribution in [1.82, 2.24) is 9.55 Å². The number of nitrogens with zero attached hydrogens (tertiary/aromatic N) is 2. The van der Waals surface area contributed by atoms with Crippen LogP contribution in [-0.4, -0.2) is 16.7 Å². The molecule has 0 saturated carbocycles. The van der Waals surface area contributed by atoms with Crippen LogP contribution in [0.2, 0.25) is 0 Å². The van der Waals surface area contributed by atoms with Gasteiger partial charge in [0.05, 0.1) is 23.2 Å². The number of aromatic nitrogens is 2. The molecule has 3 nitrogen and oxygen atoms in total. The highest BCUT2D eigenvalue weighted by atomic mass is 16.5. The molecule has 0 radical (unpaired) electrons. The van der Waals surface area contributed by atoms with Gasteiger partial charge in [-0.15, -0.1) is 0 Å². The Morgan fingerprint density at radius 2 is 1.88 bits per heavy atom. The van der Waals surface area contributed by atoms with Gasteiger partial charge in [-0.3, -0.25) is 4.57 Å². The van der Waals surface area contributed by atoms with Crippen LogP contribution in [0.1, 0.15) is 26.3 Å². The summed E-state index contributed by atoms with van der Waals surface area (Å²) in [6, 6.07) is 12.6. The van der Waals surface area contributed by atoms with Gasteiger partial charge in [-0.2, -0.15) is 0 Å². The molecule has 0 bridgehead atoms. The third-order valence-electron chi connectivity index (χ3n) is 4.55. The molecule has 2 aromatic heterocycles. The molecular weight excluding hydrogens is 308 g/mol. The van der Waals surface area contributed by atoms with Gasteiger partial charge in [-0.25, -0.2) is 4.98 Å². The highest BCUT2D eigenvalue weighted by Gasteiger charge is 2.17. The first-order chi connectivity index (χ1) is 12.0. The first kappa shape index (κ1) is 15.5. The molecule has 0 amide bonds. The van der Waals surface area contributed by atoms with Crippen LogP contribution in [0.5, 0.6) is 0 Å². The monoisotopic (exact) mass is 328 g/mol. The molecule has 0 aliphatic heterocycles. The Labute approximate surface area is 146 Å². The summed E-state index contributed by atoms with van der Waals surface area (Å²) < 4.78 is 7.54. The molecule has 0 N–H and O–H groups in total. The number of fused-ring (bicyclic) bond motifs is 3. The molecule has 3 heteroatoms. The third-order valence-corrected chi connectivity index (χ3v) is 4.55. The minimum atomic E-state index is 0.0635. The van der Waals surface area contributed by atoms with E-state index in [9.17, 15) is 0 Å². The maximum Gasteiger partial charge on any atom is 0.172 e. The van der Waals surface area contributed by atoms with Crippen LogP contribution in [0.4, 0.5) is 0 Å². The summed E-state index contributed by atoms with van der Waals surface area (Å²) in [6.45, 7) is 6.64. The lowest BCUT2D eigenvalue weighted by molar-refractivity contribution is 0.314. The van der Waals surface area contributed by atoms with E-state index in [-0.39, 0.29) is 5.41 Å². The Kier molecular flexibility index (Phi) is 3.43. The molecule has 0 fully saturated rings. The van der Waals surface area contributed by atoms with Crippen molar-refractivity contribution in [3.63, 3.8) is 0 Å². The largest absolute Gasteiger partial charge is 0.489 e. The van der Waals surface area contributed by atoms with Gasteiger partial charge in [-0.1, -0.05) is 44.7 Å². The molecule has 4 rings (SSSR count). The Morgan fingerprint density at radius 3 is 2.64 bits per heavy atom. The van der Waals surface area contributed by atoms with E-state index >= 15 is 0 Å². The summed E-state index contributed by atoms with van der Waals surface area (Å²) >= 11 is 0. The first-order valence-electron chi connectivity index (χ1n) is 8.37. The molecule has 0 spiro atoms. The molecule has 124 valence electrons. The van der Waals surface area contributed by atoms with Gasteiger partial charge in [0.25, 0.3) is 0 Å². The quantitative estimate of drug-likeness (QED) is 0.676. The van der Waals surface area contributed by atoms with Crippen molar-refractivity contribution >= 4 is 22.7 Å². The summed E-state index contributed by atoms with van der Waals surface area (Å²) in [4.78, 5) is 4.65. The van der Waals surface area contributed by atoms with E-state index in [1.54, 1.807) is 7.11 Å². The summed E-state index contributed by atoms with van der Waals surface area (Å²) in [7, 11) is 1.65. The van der Waals surface area contributed by atoms with Crippen molar-refractivity contribution in [1.29, 1.82) is 0 Å². The lowest BCUT2D eigenvalue weighted by Crippen LogP contribution is -2.29. The van der Waals surface area contributed by atoms with Crippen molar-refractivity contribution in [2.24, 2.45) is 0 Å². The molecule has 0 saturated heterocycles. The summed E-state index contributed by atoms with van der Waals surface area (Å²) in [6.07, 6.45) is 3.88. The number of hydrogen-bond acceptors (Lipinski definition) is 2. The van der Waals surface area contributed by atoms with E-state index in [0.717, 1.165) is 27.3 Å². The molecule has 0 atom stereocenters. The number of benzene rings is 1. The Balaban J connectivity index is 2.12. The average molecular weight is 328 g/mol. The van der Waals surface area contributed by atoms with Gasteiger partial charge < -0.3 is 4.74 Å². The Morgan fingerprint density at radius 1 is 1.08 bits per heavy atom. The maximum absolute atomic E-state index is 5.37. The summed E-state index contributed by atoms with van der Waals surface area (Å²) in [5.41, 5.74) is 8.74. The van der Waals surface area contributed by atoms with Gasteiger partial charge in [0.2, 0.25) is 0 Å². The fraction of sp³-hybridized carbons (Fsp3) is 0.227. The third kappa shape index (κ3) is 2.51. The Hall–Kier alpha value is -2.99. The zero-order valence-electron chi connectivity index (χ0n) is 14.9. The van der Waals surface area contributed by atoms with Crippen LogP contribution in [0, 0.1) is 0 Å². The average Bonchev–Trinajstić information content (AvgIpc) is 2.94. The number of methoxy groups -OCH3 is 1. The number of allylic oxidation sites excluding steroid dienone is 1. The van der Waals surface area contributed by atoms with Crippen LogP contribution < -0.4 is 10.6 Å². The van der Waals surface area contributed by atoms with E-state index in [1.807, 2.05) is 24.4 Å². The van der Waals surface area contributed by atoms with E-state index in [4.69, 9.17) is 4.74 Å². The normalized spacial score (nSPS) is 13.0. The number of para-hydroxylation sites is 1. The molecule has 1 aromatic carbocycles. The fourth-order valence-electron chi connectivity index (χ4n) is 3.18. The van der Waals surface area contributed by atoms with Gasteiger partial charge in [-0.05, 0) is 34.9 Å². The van der Waals surface area contributed by atoms with E-state index in [2.05, 4.69) is 66.1 Å². The fourth-order valence-corrected chi connectivity index (χ4v) is 3.18. The van der Waals surface area contributed by atoms with Crippen molar-refractivity contribution in [3.05, 3.63) is 70.2 Å². The molecule has 1 aliphatic rings. The predicted molar refractivity (Wildman–Crippen MR) is 101 cm³/mol. The Bertz CT molecular complexity index is 1180. The minimum absolute atomic E-state index is 0.0635. The number of pyridine rings is 1. The van der Waals surface area contributed by atoms with Crippen LogP contribution >= 0.6 is 0 Å².